The predicted molar refractivity (Wildman–Crippen MR) is 79.3 cm³/mol. The Labute approximate surface area is 126 Å². The van der Waals surface area contributed by atoms with Crippen LogP contribution in [0.5, 0.6) is 5.75 Å². The highest BCUT2D eigenvalue weighted by atomic mass is 35.5. The van der Waals surface area contributed by atoms with Gasteiger partial charge in [-0.05, 0) is 30.3 Å². The molecule has 0 aliphatic heterocycles. The van der Waals surface area contributed by atoms with Gasteiger partial charge < -0.3 is 15.5 Å². The van der Waals surface area contributed by atoms with Gasteiger partial charge in [0.2, 0.25) is 0 Å². The number of carbonyl (C=O) groups is 1. The van der Waals surface area contributed by atoms with Gasteiger partial charge in [-0.15, -0.1) is 0 Å². The number of halogens is 1. The highest BCUT2D eigenvalue weighted by molar-refractivity contribution is 6.31. The molecule has 0 fully saturated rings. The van der Waals surface area contributed by atoms with Crippen molar-refractivity contribution in [2.45, 2.75) is 0 Å². The number of amides is 1. The SMILES string of the molecule is O=C(Nc1cc(C#CCO)ccn1)c1cc(Cl)ccc1O. The molecule has 3 N–H and O–H groups in total. The van der Waals surface area contributed by atoms with Crippen LogP contribution in [0.4, 0.5) is 5.82 Å². The molecule has 5 nitrogen and oxygen atoms in total. The highest BCUT2D eigenvalue weighted by Gasteiger charge is 2.12. The zero-order chi connectivity index (χ0) is 15.2. The number of pyridine rings is 1. The van der Waals surface area contributed by atoms with Gasteiger partial charge in [-0.3, -0.25) is 4.79 Å². The Morgan fingerprint density at radius 1 is 1.33 bits per heavy atom. The van der Waals surface area contributed by atoms with Gasteiger partial charge in [0.25, 0.3) is 5.91 Å². The van der Waals surface area contributed by atoms with E-state index < -0.39 is 5.91 Å². The van der Waals surface area contributed by atoms with Crippen molar-refractivity contribution in [2.24, 2.45) is 0 Å². The van der Waals surface area contributed by atoms with E-state index in [4.69, 9.17) is 16.7 Å². The zero-order valence-electron chi connectivity index (χ0n) is 10.8. The van der Waals surface area contributed by atoms with Crippen LogP contribution in [0.15, 0.2) is 36.5 Å². The zero-order valence-corrected chi connectivity index (χ0v) is 11.6. The van der Waals surface area contributed by atoms with E-state index in [1.54, 1.807) is 12.1 Å². The van der Waals surface area contributed by atoms with Crippen LogP contribution in [-0.2, 0) is 0 Å². The summed E-state index contributed by atoms with van der Waals surface area (Å²) in [5.74, 6) is 4.78. The van der Waals surface area contributed by atoms with Crippen molar-refractivity contribution in [3.8, 4) is 17.6 Å². The van der Waals surface area contributed by atoms with E-state index in [1.165, 1.54) is 24.4 Å². The summed E-state index contributed by atoms with van der Waals surface area (Å²) in [5.41, 5.74) is 0.654. The van der Waals surface area contributed by atoms with Gasteiger partial charge in [-0.2, -0.15) is 0 Å². The smallest absolute Gasteiger partial charge is 0.260 e. The van der Waals surface area contributed by atoms with Crippen molar-refractivity contribution in [2.75, 3.05) is 11.9 Å². The van der Waals surface area contributed by atoms with Crippen molar-refractivity contribution in [3.05, 3.63) is 52.7 Å². The fraction of sp³-hybridized carbons (Fsp3) is 0.0667. The van der Waals surface area contributed by atoms with Crippen molar-refractivity contribution >= 4 is 23.3 Å². The summed E-state index contributed by atoms with van der Waals surface area (Å²) in [6, 6.07) is 7.39. The first kappa shape index (κ1) is 14.9. The molecule has 0 spiro atoms. The van der Waals surface area contributed by atoms with E-state index in [1.807, 2.05) is 0 Å². The van der Waals surface area contributed by atoms with Crippen LogP contribution in [0.2, 0.25) is 5.02 Å². The van der Waals surface area contributed by atoms with E-state index in [-0.39, 0.29) is 23.7 Å². The number of phenols is 1. The summed E-state index contributed by atoms with van der Waals surface area (Å²) in [7, 11) is 0. The van der Waals surface area contributed by atoms with Gasteiger partial charge >= 0.3 is 0 Å². The number of phenolic OH excluding ortho intramolecular Hbond substituents is 1. The van der Waals surface area contributed by atoms with Gasteiger partial charge in [0.15, 0.2) is 0 Å². The Morgan fingerprint density at radius 3 is 2.90 bits per heavy atom. The van der Waals surface area contributed by atoms with Crippen LogP contribution in [0.1, 0.15) is 15.9 Å². The molecule has 0 bridgehead atoms. The molecule has 0 radical (unpaired) electrons. The standard InChI is InChI=1S/C15H11ClN2O3/c16-11-3-4-13(20)12(9-11)15(21)18-14-8-10(2-1-7-19)5-6-17-14/h3-6,8-9,19-20H,7H2,(H,17,18,21). The molecule has 21 heavy (non-hydrogen) atoms. The first-order valence-corrected chi connectivity index (χ1v) is 6.33. The minimum Gasteiger partial charge on any atom is -0.507 e. The average Bonchev–Trinajstić information content (AvgIpc) is 2.48. The molecule has 6 heteroatoms. The molecule has 106 valence electrons. The molecule has 0 saturated heterocycles. The summed E-state index contributed by atoms with van der Waals surface area (Å²) in [6.07, 6.45) is 1.48. The summed E-state index contributed by atoms with van der Waals surface area (Å²) < 4.78 is 0. The number of aliphatic hydroxyl groups is 1. The maximum atomic E-state index is 12.1. The van der Waals surface area contributed by atoms with Crippen LogP contribution in [0.3, 0.4) is 0 Å². The molecule has 1 heterocycles. The number of rotatable bonds is 2. The third-order valence-corrected chi connectivity index (χ3v) is 2.75. The summed E-state index contributed by atoms with van der Waals surface area (Å²) in [5, 5.41) is 21.2. The van der Waals surface area contributed by atoms with Crippen LogP contribution >= 0.6 is 11.6 Å². The monoisotopic (exact) mass is 302 g/mol. The molecular formula is C15H11ClN2O3. The number of hydrogen-bond donors (Lipinski definition) is 3. The first-order chi connectivity index (χ1) is 10.1. The van der Waals surface area contributed by atoms with Crippen LogP contribution in [0.25, 0.3) is 0 Å². The van der Waals surface area contributed by atoms with Gasteiger partial charge in [-0.1, -0.05) is 23.4 Å². The normalized spacial score (nSPS) is 9.62. The fourth-order valence-corrected chi connectivity index (χ4v) is 1.76. The van der Waals surface area contributed by atoms with Gasteiger partial charge in [0.1, 0.15) is 18.2 Å². The molecule has 1 aromatic heterocycles. The Morgan fingerprint density at radius 2 is 2.14 bits per heavy atom. The van der Waals surface area contributed by atoms with E-state index in [2.05, 4.69) is 22.1 Å². The second-order valence-corrected chi connectivity index (χ2v) is 4.44. The largest absolute Gasteiger partial charge is 0.507 e. The van der Waals surface area contributed by atoms with Gasteiger partial charge in [0, 0.05) is 16.8 Å². The van der Waals surface area contributed by atoms with E-state index >= 15 is 0 Å². The molecule has 2 aromatic rings. The molecule has 0 aliphatic carbocycles. The Balaban J connectivity index is 2.21. The maximum absolute atomic E-state index is 12.1. The minimum atomic E-state index is -0.533. The Hall–Kier alpha value is -2.55. The van der Waals surface area contributed by atoms with Gasteiger partial charge in [0.05, 0.1) is 5.56 Å². The molecule has 2 rings (SSSR count). The number of nitrogens with one attached hydrogen (secondary N) is 1. The molecule has 0 saturated carbocycles. The number of anilines is 1. The van der Waals surface area contributed by atoms with E-state index in [0.29, 0.717) is 10.6 Å². The number of aromatic hydroxyl groups is 1. The predicted octanol–water partition coefficient (Wildman–Crippen LogP) is 2.04. The first-order valence-electron chi connectivity index (χ1n) is 5.96. The van der Waals surface area contributed by atoms with Crippen LogP contribution in [0, 0.1) is 11.8 Å². The second-order valence-electron chi connectivity index (χ2n) is 4.01. The fourth-order valence-electron chi connectivity index (χ4n) is 1.59. The third kappa shape index (κ3) is 3.96. The minimum absolute atomic E-state index is 0.0520. The van der Waals surface area contributed by atoms with E-state index in [9.17, 15) is 9.90 Å². The molecule has 1 amide bonds. The third-order valence-electron chi connectivity index (χ3n) is 2.52. The maximum Gasteiger partial charge on any atom is 0.260 e. The summed E-state index contributed by atoms with van der Waals surface area (Å²) in [4.78, 5) is 16.1. The summed E-state index contributed by atoms with van der Waals surface area (Å²) >= 11 is 5.80. The lowest BCUT2D eigenvalue weighted by Crippen LogP contribution is -2.13. The Bertz CT molecular complexity index is 735. The molecule has 1 aromatic carbocycles. The molecule has 0 atom stereocenters. The van der Waals surface area contributed by atoms with Crippen molar-refractivity contribution in [1.29, 1.82) is 0 Å². The molecule has 0 aliphatic rings. The van der Waals surface area contributed by atoms with Gasteiger partial charge in [-0.25, -0.2) is 4.98 Å². The van der Waals surface area contributed by atoms with Crippen molar-refractivity contribution in [1.82, 2.24) is 4.98 Å². The lowest BCUT2D eigenvalue weighted by molar-refractivity contribution is 0.102. The number of carbonyl (C=O) groups excluding carboxylic acids is 1. The number of aromatic nitrogens is 1. The quantitative estimate of drug-likeness (QED) is 0.741. The average molecular weight is 303 g/mol. The van der Waals surface area contributed by atoms with Crippen molar-refractivity contribution in [3.63, 3.8) is 0 Å². The lowest BCUT2D eigenvalue weighted by atomic mass is 10.2. The number of aliphatic hydroxyl groups excluding tert-OH is 1. The number of hydrogen-bond acceptors (Lipinski definition) is 4. The van der Waals surface area contributed by atoms with E-state index in [0.717, 1.165) is 0 Å². The number of nitrogens with zero attached hydrogens (tertiary/aromatic N) is 1. The Kier molecular flexibility index (Phi) is 4.77. The van der Waals surface area contributed by atoms with Crippen molar-refractivity contribution < 1.29 is 15.0 Å². The topological polar surface area (TPSA) is 82.5 Å². The second kappa shape index (κ2) is 6.75. The summed E-state index contributed by atoms with van der Waals surface area (Å²) in [6.45, 7) is -0.250. The number of benzene rings is 1. The highest BCUT2D eigenvalue weighted by Crippen LogP contribution is 2.22. The lowest BCUT2D eigenvalue weighted by Gasteiger charge is -2.06. The molecular weight excluding hydrogens is 292 g/mol. The molecule has 0 unspecified atom stereocenters. The van der Waals surface area contributed by atoms with Crippen LogP contribution in [-0.4, -0.2) is 27.7 Å². The van der Waals surface area contributed by atoms with Crippen LogP contribution < -0.4 is 5.32 Å².